The van der Waals surface area contributed by atoms with Crippen LogP contribution in [0.25, 0.3) is 0 Å². The van der Waals surface area contributed by atoms with E-state index in [4.69, 9.17) is 9.84 Å². The number of hydrogen-bond acceptors (Lipinski definition) is 5. The van der Waals surface area contributed by atoms with Crippen molar-refractivity contribution in [2.75, 3.05) is 20.2 Å². The average molecular weight is 397 g/mol. The predicted molar refractivity (Wildman–Crippen MR) is 102 cm³/mol. The fourth-order valence-electron chi connectivity index (χ4n) is 3.81. The molecule has 0 radical (unpaired) electrons. The van der Waals surface area contributed by atoms with Gasteiger partial charge in [-0.2, -0.15) is 0 Å². The molecule has 27 heavy (non-hydrogen) atoms. The molecule has 7 nitrogen and oxygen atoms in total. The first-order chi connectivity index (χ1) is 12.7. The fraction of sp³-hybridized carbons (Fsp3) is 0.632. The van der Waals surface area contributed by atoms with E-state index in [0.29, 0.717) is 24.5 Å². The van der Waals surface area contributed by atoms with Crippen LogP contribution in [0, 0.1) is 19.8 Å². The minimum Gasteiger partial charge on any atom is -0.496 e. The van der Waals surface area contributed by atoms with Gasteiger partial charge in [0.2, 0.25) is 10.0 Å². The molecule has 0 aliphatic heterocycles. The van der Waals surface area contributed by atoms with Crippen molar-refractivity contribution in [3.63, 3.8) is 0 Å². The molecule has 0 saturated heterocycles. The Morgan fingerprint density at radius 3 is 2.33 bits per heavy atom. The summed E-state index contributed by atoms with van der Waals surface area (Å²) in [5.74, 6) is 0.469. The summed E-state index contributed by atoms with van der Waals surface area (Å²) in [7, 11) is -2.04. The van der Waals surface area contributed by atoms with Crippen LogP contribution in [0.2, 0.25) is 0 Å². The summed E-state index contributed by atoms with van der Waals surface area (Å²) in [6.07, 6.45) is 3.62. The third kappa shape index (κ3) is 4.80. The number of aliphatic carboxylic acids is 1. The summed E-state index contributed by atoms with van der Waals surface area (Å²) < 4.78 is 33.5. The molecular weight excluding hydrogens is 368 g/mol. The van der Waals surface area contributed by atoms with Crippen molar-refractivity contribution in [1.29, 1.82) is 0 Å². The third-order valence-corrected chi connectivity index (χ3v) is 6.93. The van der Waals surface area contributed by atoms with Crippen molar-refractivity contribution in [1.82, 2.24) is 9.62 Å². The minimum atomic E-state index is -3.61. The Bertz CT molecular complexity index is 790. The van der Waals surface area contributed by atoms with Gasteiger partial charge in [-0.15, -0.1) is 0 Å². The van der Waals surface area contributed by atoms with Crippen LogP contribution >= 0.6 is 0 Å². The number of rotatable bonds is 9. The van der Waals surface area contributed by atoms with Gasteiger partial charge in [-0.1, -0.05) is 0 Å². The molecule has 1 aromatic carbocycles. The molecule has 2 N–H and O–H groups in total. The number of carboxylic acid groups (broad SMARTS) is 1. The second-order valence-electron chi connectivity index (χ2n) is 7.80. The Kier molecular flexibility index (Phi) is 5.79. The standard InChI is InChI=1S/C19H28N2O5S/c1-12-6-17(7-13(2)19(12)26-3)27(24,25)20-15-8-16(9-15)21(11-18(22)23)10-14-4-5-14/h6-7,14-16,20H,4-5,8-11H2,1-3H3,(H,22,23). The zero-order valence-corrected chi connectivity index (χ0v) is 16.9. The molecule has 0 bridgehead atoms. The summed E-state index contributed by atoms with van der Waals surface area (Å²) in [4.78, 5) is 13.3. The smallest absolute Gasteiger partial charge is 0.317 e. The van der Waals surface area contributed by atoms with Crippen LogP contribution in [0.5, 0.6) is 5.75 Å². The normalized spacial score (nSPS) is 22.5. The van der Waals surface area contributed by atoms with Crippen molar-refractivity contribution >= 4 is 16.0 Å². The van der Waals surface area contributed by atoms with Gasteiger partial charge < -0.3 is 9.84 Å². The number of methoxy groups -OCH3 is 1. The molecule has 0 spiro atoms. The zero-order chi connectivity index (χ0) is 19.8. The molecule has 2 saturated carbocycles. The molecule has 150 valence electrons. The highest BCUT2D eigenvalue weighted by atomic mass is 32.2. The molecule has 2 fully saturated rings. The van der Waals surface area contributed by atoms with Gasteiger partial charge in [0.25, 0.3) is 0 Å². The lowest BCUT2D eigenvalue weighted by Crippen LogP contribution is -2.55. The van der Waals surface area contributed by atoms with Crippen molar-refractivity contribution < 1.29 is 23.1 Å². The quantitative estimate of drug-likeness (QED) is 0.662. The second-order valence-corrected chi connectivity index (χ2v) is 9.51. The molecule has 8 heteroatoms. The number of sulfonamides is 1. The number of hydrogen-bond donors (Lipinski definition) is 2. The number of carboxylic acids is 1. The van der Waals surface area contributed by atoms with Gasteiger partial charge in [0.05, 0.1) is 18.6 Å². The lowest BCUT2D eigenvalue weighted by Gasteiger charge is -2.42. The molecular formula is C19H28N2O5S. The number of carbonyl (C=O) groups is 1. The van der Waals surface area contributed by atoms with Gasteiger partial charge in [0.1, 0.15) is 5.75 Å². The first-order valence-corrected chi connectivity index (χ1v) is 10.8. The first-order valence-electron chi connectivity index (χ1n) is 9.33. The zero-order valence-electron chi connectivity index (χ0n) is 16.1. The average Bonchev–Trinajstić information content (AvgIpc) is 3.33. The number of nitrogens with zero attached hydrogens (tertiary/aromatic N) is 1. The lowest BCUT2D eigenvalue weighted by molar-refractivity contribution is -0.139. The van der Waals surface area contributed by atoms with Crippen LogP contribution in [0.1, 0.15) is 36.8 Å². The molecule has 0 amide bonds. The second kappa shape index (κ2) is 7.77. The largest absolute Gasteiger partial charge is 0.496 e. The van der Waals surface area contributed by atoms with Gasteiger partial charge in [0.15, 0.2) is 0 Å². The molecule has 0 aromatic heterocycles. The Morgan fingerprint density at radius 2 is 1.85 bits per heavy atom. The van der Waals surface area contributed by atoms with Gasteiger partial charge in [-0.05, 0) is 68.7 Å². The minimum absolute atomic E-state index is 0.0253. The summed E-state index contributed by atoms with van der Waals surface area (Å²) in [5.41, 5.74) is 1.56. The highest BCUT2D eigenvalue weighted by Gasteiger charge is 2.39. The van der Waals surface area contributed by atoms with Crippen molar-refractivity contribution in [2.45, 2.75) is 56.5 Å². The molecule has 3 rings (SSSR count). The van der Waals surface area contributed by atoms with Gasteiger partial charge >= 0.3 is 5.97 Å². The molecule has 2 aliphatic carbocycles. The van der Waals surface area contributed by atoms with Crippen molar-refractivity contribution in [3.05, 3.63) is 23.3 Å². The summed E-state index contributed by atoms with van der Waals surface area (Å²) in [6.45, 7) is 4.47. The third-order valence-electron chi connectivity index (χ3n) is 5.43. The Morgan fingerprint density at radius 1 is 1.26 bits per heavy atom. The number of ether oxygens (including phenoxy) is 1. The number of aryl methyl sites for hydroxylation is 2. The lowest BCUT2D eigenvalue weighted by atomic mass is 9.86. The van der Waals surface area contributed by atoms with E-state index in [2.05, 4.69) is 4.72 Å². The van der Waals surface area contributed by atoms with E-state index in [1.54, 1.807) is 19.2 Å². The van der Waals surface area contributed by atoms with E-state index in [0.717, 1.165) is 30.5 Å². The Hall–Kier alpha value is -1.64. The van der Waals surface area contributed by atoms with E-state index in [9.17, 15) is 13.2 Å². The first kappa shape index (κ1) is 20.1. The summed E-state index contributed by atoms with van der Waals surface area (Å²) >= 11 is 0. The van der Waals surface area contributed by atoms with E-state index < -0.39 is 16.0 Å². The van der Waals surface area contributed by atoms with Gasteiger partial charge in [0, 0.05) is 18.6 Å². The van der Waals surface area contributed by atoms with Crippen LogP contribution in [0.15, 0.2) is 17.0 Å². The summed E-state index contributed by atoms with van der Waals surface area (Å²) in [5, 5.41) is 9.12. The van der Waals surface area contributed by atoms with Crippen LogP contribution < -0.4 is 9.46 Å². The van der Waals surface area contributed by atoms with Gasteiger partial charge in [-0.3, -0.25) is 9.69 Å². The van der Waals surface area contributed by atoms with Crippen LogP contribution in [0.3, 0.4) is 0 Å². The maximum absolute atomic E-state index is 12.7. The van der Waals surface area contributed by atoms with Crippen molar-refractivity contribution in [2.24, 2.45) is 5.92 Å². The highest BCUT2D eigenvalue weighted by Crippen LogP contribution is 2.34. The Balaban J connectivity index is 1.62. The van der Waals surface area contributed by atoms with Gasteiger partial charge in [-0.25, -0.2) is 13.1 Å². The fourth-order valence-corrected chi connectivity index (χ4v) is 5.24. The van der Waals surface area contributed by atoms with E-state index in [-0.39, 0.29) is 23.5 Å². The molecule has 0 unspecified atom stereocenters. The molecule has 2 aliphatic rings. The Labute approximate surface area is 160 Å². The van der Waals surface area contributed by atoms with Crippen molar-refractivity contribution in [3.8, 4) is 5.75 Å². The predicted octanol–water partition coefficient (Wildman–Crippen LogP) is 1.92. The van der Waals surface area contributed by atoms with Crippen LogP contribution in [0.4, 0.5) is 0 Å². The van der Waals surface area contributed by atoms with E-state index >= 15 is 0 Å². The maximum Gasteiger partial charge on any atom is 0.317 e. The topological polar surface area (TPSA) is 95.9 Å². The summed E-state index contributed by atoms with van der Waals surface area (Å²) in [6, 6.07) is 3.22. The maximum atomic E-state index is 12.7. The van der Waals surface area contributed by atoms with E-state index in [1.165, 1.54) is 0 Å². The SMILES string of the molecule is COc1c(C)cc(S(=O)(=O)NC2CC(N(CC(=O)O)CC3CC3)C2)cc1C. The van der Waals surface area contributed by atoms with Crippen LogP contribution in [-0.2, 0) is 14.8 Å². The molecule has 0 atom stereocenters. The van der Waals surface area contributed by atoms with Crippen LogP contribution in [-0.4, -0.2) is 56.7 Å². The number of benzene rings is 1. The molecule has 1 aromatic rings. The highest BCUT2D eigenvalue weighted by molar-refractivity contribution is 7.89. The van der Waals surface area contributed by atoms with E-state index in [1.807, 2.05) is 18.7 Å². The monoisotopic (exact) mass is 396 g/mol. The number of nitrogens with one attached hydrogen (secondary N) is 1. The molecule has 0 heterocycles.